The number of aryl methyl sites for hydroxylation is 3. The first-order valence-electron chi connectivity index (χ1n) is 7.09. The molecule has 0 fully saturated rings. The van der Waals surface area contributed by atoms with Crippen molar-refractivity contribution in [1.82, 2.24) is 0 Å². The molecule has 2 N–H and O–H groups in total. The fourth-order valence-electron chi connectivity index (χ4n) is 2.52. The van der Waals surface area contributed by atoms with Crippen molar-refractivity contribution < 1.29 is 0 Å². The second kappa shape index (κ2) is 6.03. The third-order valence-corrected chi connectivity index (χ3v) is 3.74. The minimum Gasteiger partial charge on any atom is -0.320 e. The second-order valence-corrected chi connectivity index (χ2v) is 5.13. The molecule has 0 saturated carbocycles. The zero-order valence-corrected chi connectivity index (χ0v) is 12.1. The Labute approximate surface area is 116 Å². The molecule has 19 heavy (non-hydrogen) atoms. The molecule has 2 aromatic rings. The number of nitrogens with two attached hydrogens (primary N) is 1. The number of hydrogen-bond acceptors (Lipinski definition) is 1. The van der Waals surface area contributed by atoms with Gasteiger partial charge in [0.2, 0.25) is 0 Å². The van der Waals surface area contributed by atoms with Crippen LogP contribution in [0.5, 0.6) is 0 Å². The van der Waals surface area contributed by atoms with Gasteiger partial charge in [0.05, 0.1) is 6.04 Å². The van der Waals surface area contributed by atoms with Crippen molar-refractivity contribution in [1.29, 1.82) is 0 Å². The molecular formula is C18H23N. The Kier molecular flexibility index (Phi) is 4.39. The van der Waals surface area contributed by atoms with Crippen molar-refractivity contribution in [3.63, 3.8) is 0 Å². The van der Waals surface area contributed by atoms with E-state index in [-0.39, 0.29) is 6.04 Å². The first kappa shape index (κ1) is 13.8. The van der Waals surface area contributed by atoms with Gasteiger partial charge < -0.3 is 5.73 Å². The normalized spacial score (nSPS) is 12.4. The van der Waals surface area contributed by atoms with Crippen LogP contribution in [-0.4, -0.2) is 0 Å². The van der Waals surface area contributed by atoms with Gasteiger partial charge in [-0.05, 0) is 42.0 Å². The van der Waals surface area contributed by atoms with Crippen molar-refractivity contribution in [2.45, 2.75) is 39.7 Å². The molecule has 2 aromatic carbocycles. The molecule has 1 unspecified atom stereocenters. The van der Waals surface area contributed by atoms with Gasteiger partial charge in [-0.15, -0.1) is 0 Å². The van der Waals surface area contributed by atoms with E-state index in [4.69, 9.17) is 5.73 Å². The molecule has 0 amide bonds. The summed E-state index contributed by atoms with van der Waals surface area (Å²) in [6, 6.07) is 15.2. The lowest BCUT2D eigenvalue weighted by Gasteiger charge is -2.18. The van der Waals surface area contributed by atoms with E-state index in [9.17, 15) is 0 Å². The van der Waals surface area contributed by atoms with Gasteiger partial charge in [-0.1, -0.05) is 61.9 Å². The molecule has 0 radical (unpaired) electrons. The van der Waals surface area contributed by atoms with Gasteiger partial charge in [-0.25, -0.2) is 0 Å². The molecule has 1 atom stereocenters. The maximum absolute atomic E-state index is 6.49. The molecular weight excluding hydrogens is 230 g/mol. The van der Waals surface area contributed by atoms with Crippen molar-refractivity contribution in [3.8, 4) is 0 Å². The number of rotatable bonds is 4. The quantitative estimate of drug-likeness (QED) is 0.869. The van der Waals surface area contributed by atoms with E-state index in [2.05, 4.69) is 63.2 Å². The summed E-state index contributed by atoms with van der Waals surface area (Å²) in [6.07, 6.45) is 2.08. The highest BCUT2D eigenvalue weighted by atomic mass is 14.6. The largest absolute Gasteiger partial charge is 0.320 e. The smallest absolute Gasteiger partial charge is 0.0554 e. The van der Waals surface area contributed by atoms with Gasteiger partial charge in [0.1, 0.15) is 0 Å². The van der Waals surface area contributed by atoms with E-state index in [0.29, 0.717) is 0 Å². The molecule has 0 heterocycles. The van der Waals surface area contributed by atoms with Crippen LogP contribution in [0.25, 0.3) is 0 Å². The van der Waals surface area contributed by atoms with Crippen LogP contribution >= 0.6 is 0 Å². The van der Waals surface area contributed by atoms with Crippen molar-refractivity contribution in [2.24, 2.45) is 5.73 Å². The molecule has 100 valence electrons. The van der Waals surface area contributed by atoms with Crippen molar-refractivity contribution in [3.05, 3.63) is 70.3 Å². The maximum atomic E-state index is 6.49. The maximum Gasteiger partial charge on any atom is 0.0554 e. The van der Waals surface area contributed by atoms with Gasteiger partial charge >= 0.3 is 0 Å². The lowest BCUT2D eigenvalue weighted by atomic mass is 9.91. The highest BCUT2D eigenvalue weighted by Crippen LogP contribution is 2.25. The van der Waals surface area contributed by atoms with E-state index in [1.165, 1.54) is 27.8 Å². The lowest BCUT2D eigenvalue weighted by Crippen LogP contribution is -2.14. The molecule has 0 bridgehead atoms. The van der Waals surface area contributed by atoms with E-state index in [1.54, 1.807) is 0 Å². The predicted octanol–water partition coefficient (Wildman–Crippen LogP) is 4.17. The fraction of sp³-hybridized carbons (Fsp3) is 0.333. The fourth-order valence-corrected chi connectivity index (χ4v) is 2.52. The van der Waals surface area contributed by atoms with E-state index in [0.717, 1.165) is 12.8 Å². The molecule has 2 rings (SSSR count). The Morgan fingerprint density at radius 2 is 1.79 bits per heavy atom. The van der Waals surface area contributed by atoms with Gasteiger partial charge in [0.25, 0.3) is 0 Å². The Balaban J connectivity index is 2.44. The van der Waals surface area contributed by atoms with Crippen molar-refractivity contribution in [2.75, 3.05) is 0 Å². The summed E-state index contributed by atoms with van der Waals surface area (Å²) in [4.78, 5) is 0. The number of benzene rings is 2. The van der Waals surface area contributed by atoms with Crippen LogP contribution in [-0.2, 0) is 12.8 Å². The first-order valence-corrected chi connectivity index (χ1v) is 7.09. The SMILES string of the molecule is CCc1ccc(CC)c(C(N)c2cccc(C)c2)c1. The van der Waals surface area contributed by atoms with Gasteiger partial charge in [0, 0.05) is 0 Å². The third-order valence-electron chi connectivity index (χ3n) is 3.74. The Bertz CT molecular complexity index is 557. The summed E-state index contributed by atoms with van der Waals surface area (Å²) in [7, 11) is 0. The summed E-state index contributed by atoms with van der Waals surface area (Å²) in [5.41, 5.74) is 12.9. The average Bonchev–Trinajstić information content (AvgIpc) is 2.45. The zero-order chi connectivity index (χ0) is 13.8. The van der Waals surface area contributed by atoms with Crippen LogP contribution < -0.4 is 5.73 Å². The standard InChI is InChI=1S/C18H23N/c1-4-14-9-10-15(5-2)17(12-14)18(19)16-8-6-7-13(3)11-16/h6-12,18H,4-5,19H2,1-3H3. The lowest BCUT2D eigenvalue weighted by molar-refractivity contribution is 0.844. The molecule has 0 saturated heterocycles. The molecule has 0 spiro atoms. The van der Waals surface area contributed by atoms with E-state index < -0.39 is 0 Å². The van der Waals surface area contributed by atoms with Crippen LogP contribution in [0.2, 0.25) is 0 Å². The summed E-state index contributed by atoms with van der Waals surface area (Å²) in [6.45, 7) is 6.48. The topological polar surface area (TPSA) is 26.0 Å². The predicted molar refractivity (Wildman–Crippen MR) is 82.4 cm³/mol. The van der Waals surface area contributed by atoms with Gasteiger partial charge in [-0.3, -0.25) is 0 Å². The minimum absolute atomic E-state index is 0.0265. The van der Waals surface area contributed by atoms with Crippen LogP contribution in [0.3, 0.4) is 0 Å². The Morgan fingerprint density at radius 3 is 2.42 bits per heavy atom. The highest BCUT2D eigenvalue weighted by Gasteiger charge is 2.13. The minimum atomic E-state index is -0.0265. The molecule has 1 nitrogen and oxygen atoms in total. The summed E-state index contributed by atoms with van der Waals surface area (Å²) < 4.78 is 0. The molecule has 0 aromatic heterocycles. The van der Waals surface area contributed by atoms with Gasteiger partial charge in [-0.2, -0.15) is 0 Å². The second-order valence-electron chi connectivity index (χ2n) is 5.13. The van der Waals surface area contributed by atoms with Crippen LogP contribution in [0.1, 0.15) is 47.7 Å². The monoisotopic (exact) mass is 253 g/mol. The molecule has 0 aliphatic carbocycles. The van der Waals surface area contributed by atoms with E-state index in [1.807, 2.05) is 0 Å². The van der Waals surface area contributed by atoms with Crippen LogP contribution in [0, 0.1) is 6.92 Å². The summed E-state index contributed by atoms with van der Waals surface area (Å²) >= 11 is 0. The zero-order valence-electron chi connectivity index (χ0n) is 12.1. The van der Waals surface area contributed by atoms with Crippen molar-refractivity contribution >= 4 is 0 Å². The molecule has 0 aliphatic rings. The van der Waals surface area contributed by atoms with E-state index >= 15 is 0 Å². The third kappa shape index (κ3) is 3.05. The summed E-state index contributed by atoms with van der Waals surface area (Å²) in [5, 5.41) is 0. The Hall–Kier alpha value is -1.60. The van der Waals surface area contributed by atoms with Crippen LogP contribution in [0.4, 0.5) is 0 Å². The molecule has 1 heteroatoms. The average molecular weight is 253 g/mol. The summed E-state index contributed by atoms with van der Waals surface area (Å²) in [5.74, 6) is 0. The Morgan fingerprint density at radius 1 is 1.00 bits per heavy atom. The van der Waals surface area contributed by atoms with Gasteiger partial charge in [0.15, 0.2) is 0 Å². The first-order chi connectivity index (χ1) is 9.15. The number of hydrogen-bond donors (Lipinski definition) is 1. The molecule has 0 aliphatic heterocycles. The highest BCUT2D eigenvalue weighted by molar-refractivity contribution is 5.40. The van der Waals surface area contributed by atoms with Crippen LogP contribution in [0.15, 0.2) is 42.5 Å².